The third-order valence-electron chi connectivity index (χ3n) is 2.54. The summed E-state index contributed by atoms with van der Waals surface area (Å²) in [4.78, 5) is 23.2. The number of anilines is 1. The smallest absolute Gasteiger partial charge is 0.329 e. The zero-order valence-corrected chi connectivity index (χ0v) is 11.8. The van der Waals surface area contributed by atoms with Crippen molar-refractivity contribution < 1.29 is 14.0 Å². The molecule has 1 aromatic heterocycles. The minimum absolute atomic E-state index is 0.431. The van der Waals surface area contributed by atoms with Crippen molar-refractivity contribution in [2.45, 2.75) is 6.92 Å². The van der Waals surface area contributed by atoms with E-state index in [-0.39, 0.29) is 0 Å². The van der Waals surface area contributed by atoms with E-state index in [0.29, 0.717) is 16.5 Å². The molecule has 2 aromatic rings. The molecule has 0 aliphatic carbocycles. The summed E-state index contributed by atoms with van der Waals surface area (Å²) >= 11 is 5.93. The van der Waals surface area contributed by atoms with Gasteiger partial charge in [-0.25, -0.2) is 5.43 Å². The number of hydrogen-bond acceptors (Lipinski definition) is 4. The molecule has 108 valence electrons. The Balaban J connectivity index is 1.90. The maximum Gasteiger partial charge on any atom is 0.329 e. The first-order chi connectivity index (χ1) is 10.1. The van der Waals surface area contributed by atoms with E-state index >= 15 is 0 Å². The quantitative estimate of drug-likeness (QED) is 0.518. The van der Waals surface area contributed by atoms with E-state index in [9.17, 15) is 9.59 Å². The number of benzene rings is 1. The number of nitrogens with zero attached hydrogens (tertiary/aromatic N) is 1. The molecule has 1 aromatic carbocycles. The van der Waals surface area contributed by atoms with Crippen LogP contribution in [0.3, 0.4) is 0 Å². The highest BCUT2D eigenvalue weighted by molar-refractivity contribution is 6.39. The number of amides is 2. The van der Waals surface area contributed by atoms with Crippen molar-refractivity contribution in [3.63, 3.8) is 0 Å². The van der Waals surface area contributed by atoms with Crippen LogP contribution in [-0.2, 0) is 9.59 Å². The highest BCUT2D eigenvalue weighted by Gasteiger charge is 2.13. The van der Waals surface area contributed by atoms with E-state index in [4.69, 9.17) is 16.0 Å². The predicted octanol–water partition coefficient (Wildman–Crippen LogP) is 2.33. The summed E-state index contributed by atoms with van der Waals surface area (Å²) < 4.78 is 4.98. The van der Waals surface area contributed by atoms with Gasteiger partial charge < -0.3 is 9.73 Å². The standard InChI is InChI=1S/C14H12ClN3O3/c1-9-4-5-10(7-12(9)15)17-13(19)14(20)18-16-8-11-3-2-6-21-11/h2-8H,1H3,(H,17,19)(H,18,20). The molecule has 0 unspecified atom stereocenters. The fraction of sp³-hybridized carbons (Fsp3) is 0.0714. The molecule has 7 heteroatoms. The topological polar surface area (TPSA) is 83.7 Å². The summed E-state index contributed by atoms with van der Waals surface area (Å²) in [6, 6.07) is 8.29. The summed E-state index contributed by atoms with van der Waals surface area (Å²) in [5.74, 6) is -1.28. The number of halogens is 1. The maximum atomic E-state index is 11.6. The lowest BCUT2D eigenvalue weighted by Gasteiger charge is -2.05. The van der Waals surface area contributed by atoms with Crippen molar-refractivity contribution in [3.8, 4) is 0 Å². The minimum Gasteiger partial charge on any atom is -0.463 e. The Kier molecular flexibility index (Phi) is 4.73. The first kappa shape index (κ1) is 14.8. The third-order valence-corrected chi connectivity index (χ3v) is 2.94. The van der Waals surface area contributed by atoms with Gasteiger partial charge in [0.15, 0.2) is 0 Å². The molecule has 0 spiro atoms. The van der Waals surface area contributed by atoms with Crippen molar-refractivity contribution in [2.75, 3.05) is 5.32 Å². The third kappa shape index (κ3) is 4.19. The van der Waals surface area contributed by atoms with Crippen LogP contribution in [0.4, 0.5) is 5.69 Å². The second-order valence-electron chi connectivity index (χ2n) is 4.13. The van der Waals surface area contributed by atoms with Crippen molar-refractivity contribution in [1.82, 2.24) is 5.43 Å². The Bertz CT molecular complexity index is 681. The molecule has 0 bridgehead atoms. The molecule has 1 heterocycles. The Morgan fingerprint density at radius 1 is 1.29 bits per heavy atom. The lowest BCUT2D eigenvalue weighted by atomic mass is 10.2. The Morgan fingerprint density at radius 2 is 2.10 bits per heavy atom. The van der Waals surface area contributed by atoms with Crippen LogP contribution in [0, 0.1) is 6.92 Å². The van der Waals surface area contributed by atoms with E-state index in [1.54, 1.807) is 30.3 Å². The number of furan rings is 1. The van der Waals surface area contributed by atoms with Crippen LogP contribution < -0.4 is 10.7 Å². The number of aryl methyl sites for hydroxylation is 1. The van der Waals surface area contributed by atoms with Gasteiger partial charge in [-0.1, -0.05) is 17.7 Å². The van der Waals surface area contributed by atoms with E-state index in [1.165, 1.54) is 12.5 Å². The van der Waals surface area contributed by atoms with E-state index < -0.39 is 11.8 Å². The van der Waals surface area contributed by atoms with Gasteiger partial charge in [-0.05, 0) is 36.8 Å². The molecule has 0 radical (unpaired) electrons. The lowest BCUT2D eigenvalue weighted by Crippen LogP contribution is -2.32. The van der Waals surface area contributed by atoms with E-state index in [1.807, 2.05) is 6.92 Å². The largest absolute Gasteiger partial charge is 0.463 e. The molecule has 0 aliphatic rings. The Hall–Kier alpha value is -2.60. The first-order valence-corrected chi connectivity index (χ1v) is 6.38. The lowest BCUT2D eigenvalue weighted by molar-refractivity contribution is -0.136. The molecule has 2 rings (SSSR count). The highest BCUT2D eigenvalue weighted by Crippen LogP contribution is 2.19. The fourth-order valence-electron chi connectivity index (χ4n) is 1.43. The second-order valence-corrected chi connectivity index (χ2v) is 4.54. The molecule has 2 N–H and O–H groups in total. The van der Waals surface area contributed by atoms with Crippen LogP contribution >= 0.6 is 11.6 Å². The van der Waals surface area contributed by atoms with Crippen LogP contribution in [0.5, 0.6) is 0 Å². The van der Waals surface area contributed by atoms with Crippen molar-refractivity contribution in [2.24, 2.45) is 5.10 Å². The summed E-state index contributed by atoms with van der Waals surface area (Å²) in [6.07, 6.45) is 2.75. The monoisotopic (exact) mass is 305 g/mol. The van der Waals surface area contributed by atoms with Gasteiger partial charge in [0.2, 0.25) is 0 Å². The molecule has 0 aliphatic heterocycles. The molecule has 0 atom stereocenters. The summed E-state index contributed by atoms with van der Waals surface area (Å²) in [7, 11) is 0. The zero-order valence-electron chi connectivity index (χ0n) is 11.1. The van der Waals surface area contributed by atoms with Gasteiger partial charge in [-0.15, -0.1) is 0 Å². The number of carbonyl (C=O) groups excluding carboxylic acids is 2. The first-order valence-electron chi connectivity index (χ1n) is 6.00. The molecule has 6 nitrogen and oxygen atoms in total. The average Bonchev–Trinajstić information content (AvgIpc) is 2.96. The van der Waals surface area contributed by atoms with Gasteiger partial charge in [-0.3, -0.25) is 9.59 Å². The zero-order chi connectivity index (χ0) is 15.2. The van der Waals surface area contributed by atoms with E-state index in [2.05, 4.69) is 15.8 Å². The number of nitrogens with one attached hydrogen (secondary N) is 2. The van der Waals surface area contributed by atoms with Gasteiger partial charge in [0, 0.05) is 10.7 Å². The number of rotatable bonds is 3. The second kappa shape index (κ2) is 6.71. The van der Waals surface area contributed by atoms with Gasteiger partial charge in [0.05, 0.1) is 12.5 Å². The molecular weight excluding hydrogens is 294 g/mol. The van der Waals surface area contributed by atoms with Crippen LogP contribution in [0.1, 0.15) is 11.3 Å². The SMILES string of the molecule is Cc1ccc(NC(=O)C(=O)NN=Cc2ccco2)cc1Cl. The molecule has 2 amide bonds. The summed E-state index contributed by atoms with van der Waals surface area (Å²) in [6.45, 7) is 1.84. The average molecular weight is 306 g/mol. The number of carbonyl (C=O) groups is 2. The number of hydrazone groups is 1. The van der Waals surface area contributed by atoms with Crippen LogP contribution in [-0.4, -0.2) is 18.0 Å². The summed E-state index contributed by atoms with van der Waals surface area (Å²) in [5.41, 5.74) is 3.40. The summed E-state index contributed by atoms with van der Waals surface area (Å²) in [5, 5.41) is 6.53. The van der Waals surface area contributed by atoms with Crippen LogP contribution in [0.2, 0.25) is 5.02 Å². The maximum absolute atomic E-state index is 11.6. The van der Waals surface area contributed by atoms with Crippen LogP contribution in [0.25, 0.3) is 0 Å². The Labute approximate surface area is 125 Å². The van der Waals surface area contributed by atoms with Crippen molar-refractivity contribution >= 4 is 35.3 Å². The Morgan fingerprint density at radius 3 is 2.76 bits per heavy atom. The van der Waals surface area contributed by atoms with Crippen molar-refractivity contribution in [3.05, 3.63) is 52.9 Å². The molecule has 0 saturated heterocycles. The van der Waals surface area contributed by atoms with E-state index in [0.717, 1.165) is 5.56 Å². The van der Waals surface area contributed by atoms with Gasteiger partial charge in [0.1, 0.15) is 5.76 Å². The van der Waals surface area contributed by atoms with Crippen molar-refractivity contribution in [1.29, 1.82) is 0 Å². The number of hydrogen-bond donors (Lipinski definition) is 2. The fourth-order valence-corrected chi connectivity index (χ4v) is 1.61. The molecule has 0 saturated carbocycles. The minimum atomic E-state index is -0.894. The molecular formula is C14H12ClN3O3. The molecule has 0 fully saturated rings. The normalized spacial score (nSPS) is 10.6. The van der Waals surface area contributed by atoms with Gasteiger partial charge >= 0.3 is 11.8 Å². The van der Waals surface area contributed by atoms with Gasteiger partial charge in [0.25, 0.3) is 0 Å². The van der Waals surface area contributed by atoms with Gasteiger partial charge in [-0.2, -0.15) is 5.10 Å². The highest BCUT2D eigenvalue weighted by atomic mass is 35.5. The van der Waals surface area contributed by atoms with Crippen LogP contribution in [0.15, 0.2) is 46.1 Å². The predicted molar refractivity (Wildman–Crippen MR) is 79.3 cm³/mol. The molecule has 21 heavy (non-hydrogen) atoms.